The highest BCUT2D eigenvalue weighted by Gasteiger charge is 2.25. The Bertz CT molecular complexity index is 1840. The number of carbonyl (C=O) groups is 2. The van der Waals surface area contributed by atoms with Crippen LogP contribution in [0.3, 0.4) is 0 Å². The minimum atomic E-state index is -4.10. The van der Waals surface area contributed by atoms with E-state index in [9.17, 15) is 23.1 Å². The van der Waals surface area contributed by atoms with E-state index in [0.717, 1.165) is 54.2 Å². The summed E-state index contributed by atoms with van der Waals surface area (Å²) in [6.07, 6.45) is 2.20. The lowest BCUT2D eigenvalue weighted by molar-refractivity contribution is -0.139. The Labute approximate surface area is 285 Å². The van der Waals surface area contributed by atoms with Crippen LogP contribution >= 0.6 is 22.7 Å². The van der Waals surface area contributed by atoms with Crippen LogP contribution < -0.4 is 36.6 Å². The first-order chi connectivity index (χ1) is 23.1. The lowest BCUT2D eigenvalue weighted by Crippen LogP contribution is -2.46. The van der Waals surface area contributed by atoms with E-state index in [1.165, 1.54) is 18.2 Å². The summed E-state index contributed by atoms with van der Waals surface area (Å²) in [7, 11) is -4.10. The molecule has 0 bridgehead atoms. The van der Waals surface area contributed by atoms with Gasteiger partial charge in [-0.1, -0.05) is 12.1 Å². The van der Waals surface area contributed by atoms with E-state index in [1.807, 2.05) is 23.6 Å². The third-order valence-corrected chi connectivity index (χ3v) is 10.6. The van der Waals surface area contributed by atoms with Crippen molar-refractivity contribution in [3.8, 4) is 0 Å². The zero-order valence-corrected chi connectivity index (χ0v) is 28.2. The molecule has 15 nitrogen and oxygen atoms in total. The molecular formula is C30H36N10O5S3. The number of guanidine groups is 1. The topological polar surface area (TPSA) is 221 Å². The number of hydrogen-bond acceptors (Lipinski definition) is 12. The minimum Gasteiger partial charge on any atom is -0.480 e. The van der Waals surface area contributed by atoms with Gasteiger partial charge in [-0.05, 0) is 54.6 Å². The number of nitrogens with one attached hydrogen (secondary N) is 3. The molecule has 1 fully saturated rings. The number of aliphatic imine (C=N–C) groups is 1. The van der Waals surface area contributed by atoms with E-state index in [1.54, 1.807) is 35.0 Å². The number of thiophene rings is 1. The van der Waals surface area contributed by atoms with E-state index in [0.29, 0.717) is 18.7 Å². The zero-order valence-electron chi connectivity index (χ0n) is 25.8. The zero-order chi connectivity index (χ0) is 34.1. The maximum absolute atomic E-state index is 13.3. The van der Waals surface area contributed by atoms with Crippen LogP contribution in [0, 0.1) is 0 Å². The van der Waals surface area contributed by atoms with Crippen molar-refractivity contribution >= 4 is 72.9 Å². The SMILES string of the molecule is NC(N)=NCCCC(NC(=O)c1sccc1NS(=O)(=O)c1cccc(NCc2csc(N3CCN(c4ccccn4)CC3)n2)c1)C(=O)O. The Morgan fingerprint density at radius 2 is 1.83 bits per heavy atom. The second-order valence-electron chi connectivity index (χ2n) is 10.7. The number of sulfonamides is 1. The molecule has 0 aliphatic carbocycles. The van der Waals surface area contributed by atoms with Crippen LogP contribution in [0.4, 0.5) is 22.3 Å². The maximum atomic E-state index is 13.3. The van der Waals surface area contributed by atoms with E-state index < -0.39 is 27.9 Å². The molecule has 1 amide bonds. The molecular weight excluding hydrogens is 677 g/mol. The number of aromatic nitrogens is 2. The van der Waals surface area contributed by atoms with Crippen LogP contribution in [0.1, 0.15) is 28.2 Å². The number of nitrogens with two attached hydrogens (primary N) is 2. The molecule has 1 aromatic carbocycles. The molecule has 0 radical (unpaired) electrons. The van der Waals surface area contributed by atoms with Gasteiger partial charge >= 0.3 is 5.97 Å². The number of amides is 1. The fourth-order valence-corrected chi connectivity index (χ4v) is 7.72. The molecule has 3 aromatic heterocycles. The molecule has 48 heavy (non-hydrogen) atoms. The van der Waals surface area contributed by atoms with Crippen molar-refractivity contribution in [2.75, 3.05) is 52.6 Å². The van der Waals surface area contributed by atoms with Crippen LogP contribution in [0.2, 0.25) is 0 Å². The third kappa shape index (κ3) is 9.11. The van der Waals surface area contributed by atoms with Crippen molar-refractivity contribution in [3.05, 3.63) is 76.1 Å². The highest BCUT2D eigenvalue weighted by atomic mass is 32.2. The summed E-state index contributed by atoms with van der Waals surface area (Å²) in [4.78, 5) is 42.2. The molecule has 8 N–H and O–H groups in total. The summed E-state index contributed by atoms with van der Waals surface area (Å²) in [5.74, 6) is -1.09. The third-order valence-electron chi connectivity index (χ3n) is 7.35. The first-order valence-corrected chi connectivity index (χ1v) is 18.2. The quantitative estimate of drug-likeness (QED) is 0.0595. The summed E-state index contributed by atoms with van der Waals surface area (Å²) in [5.41, 5.74) is 12.0. The molecule has 1 unspecified atom stereocenters. The van der Waals surface area contributed by atoms with Crippen molar-refractivity contribution < 1.29 is 23.1 Å². The highest BCUT2D eigenvalue weighted by molar-refractivity contribution is 7.92. The molecule has 18 heteroatoms. The molecule has 4 aromatic rings. The van der Waals surface area contributed by atoms with Crippen LogP contribution in [0.5, 0.6) is 0 Å². The van der Waals surface area contributed by atoms with Gasteiger partial charge in [0.1, 0.15) is 16.7 Å². The van der Waals surface area contributed by atoms with Crippen LogP contribution in [0.15, 0.2) is 75.4 Å². The first kappa shape index (κ1) is 34.4. The second kappa shape index (κ2) is 15.8. The lowest BCUT2D eigenvalue weighted by Gasteiger charge is -2.35. The van der Waals surface area contributed by atoms with Gasteiger partial charge in [-0.3, -0.25) is 14.5 Å². The summed E-state index contributed by atoms with van der Waals surface area (Å²) in [6.45, 7) is 3.96. The molecule has 1 aliphatic rings. The molecule has 1 aliphatic heterocycles. The lowest BCUT2D eigenvalue weighted by atomic mass is 10.1. The largest absolute Gasteiger partial charge is 0.480 e. The van der Waals surface area contributed by atoms with Gasteiger partial charge < -0.3 is 37.0 Å². The highest BCUT2D eigenvalue weighted by Crippen LogP contribution is 2.27. The van der Waals surface area contributed by atoms with Gasteiger partial charge in [-0.25, -0.2) is 23.2 Å². The van der Waals surface area contributed by atoms with Gasteiger partial charge in [0.15, 0.2) is 11.1 Å². The normalized spacial score (nSPS) is 13.8. The second-order valence-corrected chi connectivity index (χ2v) is 14.2. The monoisotopic (exact) mass is 712 g/mol. The van der Waals surface area contributed by atoms with E-state index in [2.05, 4.69) is 35.1 Å². The van der Waals surface area contributed by atoms with Gasteiger partial charge in [0.2, 0.25) is 0 Å². The molecule has 1 atom stereocenters. The number of carbonyl (C=O) groups excluding carboxylic acids is 1. The number of hydrogen-bond donors (Lipinski definition) is 6. The number of anilines is 4. The van der Waals surface area contributed by atoms with Gasteiger partial charge in [0, 0.05) is 50.0 Å². The molecule has 254 valence electrons. The van der Waals surface area contributed by atoms with Gasteiger partial charge in [0.25, 0.3) is 15.9 Å². The number of nitrogens with zero attached hydrogens (tertiary/aromatic N) is 5. The van der Waals surface area contributed by atoms with Crippen molar-refractivity contribution in [3.63, 3.8) is 0 Å². The number of aliphatic carboxylic acids is 1. The molecule has 0 spiro atoms. The summed E-state index contributed by atoms with van der Waals surface area (Å²) >= 11 is 2.55. The Morgan fingerprint density at radius 3 is 2.56 bits per heavy atom. The smallest absolute Gasteiger partial charge is 0.326 e. The van der Waals surface area contributed by atoms with E-state index in [-0.39, 0.29) is 34.4 Å². The average molecular weight is 713 g/mol. The van der Waals surface area contributed by atoms with Crippen LogP contribution in [-0.2, 0) is 21.4 Å². The summed E-state index contributed by atoms with van der Waals surface area (Å²) < 4.78 is 29.1. The van der Waals surface area contributed by atoms with Gasteiger partial charge in [-0.15, -0.1) is 22.7 Å². The van der Waals surface area contributed by atoms with Crippen molar-refractivity contribution in [1.82, 2.24) is 15.3 Å². The van der Waals surface area contributed by atoms with E-state index >= 15 is 0 Å². The van der Waals surface area contributed by atoms with Crippen molar-refractivity contribution in [2.24, 2.45) is 16.5 Å². The number of pyridine rings is 1. The predicted octanol–water partition coefficient (Wildman–Crippen LogP) is 2.58. The molecule has 5 rings (SSSR count). The standard InChI is InChI=1S/C30H36N10O5S3/c31-29(32)34-11-4-7-24(28(42)43)37-27(41)26-23(9-16-46-26)38-48(44,45)22-6-3-5-20(17-22)35-18-21-19-47-30(36-21)40-14-12-39(13-15-40)25-8-1-2-10-33-25/h1-3,5-6,8-10,16-17,19,24,35,38H,4,7,11-15,18H2,(H,37,41)(H,42,43)(H4,31,32,34). The predicted molar refractivity (Wildman–Crippen MR) is 188 cm³/mol. The number of benzene rings is 1. The number of carboxylic acid groups (broad SMARTS) is 1. The Hall–Kier alpha value is -4.94. The van der Waals surface area contributed by atoms with Crippen molar-refractivity contribution in [1.29, 1.82) is 0 Å². The first-order valence-electron chi connectivity index (χ1n) is 15.0. The fraction of sp³-hybridized carbons (Fsp3) is 0.300. The van der Waals surface area contributed by atoms with Gasteiger partial charge in [0.05, 0.1) is 22.8 Å². The number of rotatable bonds is 15. The number of carboxylic acids is 1. The van der Waals surface area contributed by atoms with Crippen molar-refractivity contribution in [2.45, 2.75) is 30.3 Å². The Morgan fingerprint density at radius 1 is 1.04 bits per heavy atom. The summed E-state index contributed by atoms with van der Waals surface area (Å²) in [6, 6.07) is 12.5. The van der Waals surface area contributed by atoms with Crippen LogP contribution in [0.25, 0.3) is 0 Å². The van der Waals surface area contributed by atoms with Crippen LogP contribution in [-0.4, -0.2) is 80.1 Å². The average Bonchev–Trinajstić information content (AvgIpc) is 3.75. The fourth-order valence-electron chi connectivity index (χ4n) is 4.91. The number of thiazole rings is 1. The maximum Gasteiger partial charge on any atom is 0.326 e. The van der Waals surface area contributed by atoms with E-state index in [4.69, 9.17) is 16.5 Å². The summed E-state index contributed by atoms with van der Waals surface area (Å²) in [5, 5.41) is 19.7. The minimum absolute atomic E-state index is 0.0158. The number of piperazine rings is 1. The molecule has 4 heterocycles. The van der Waals surface area contributed by atoms with Gasteiger partial charge in [-0.2, -0.15) is 0 Å². The Kier molecular flexibility index (Phi) is 11.3. The molecule has 0 saturated carbocycles. The molecule has 1 saturated heterocycles. The Balaban J connectivity index is 1.16.